The van der Waals surface area contributed by atoms with Crippen LogP contribution < -0.4 is 19.6 Å². The van der Waals surface area contributed by atoms with Crippen LogP contribution in [0.25, 0.3) is 171 Å². The Kier molecular flexibility index (Phi) is 19.9. The fourth-order valence-electron chi connectivity index (χ4n) is 20.7. The molecule has 0 saturated heterocycles. The van der Waals surface area contributed by atoms with E-state index in [1.807, 2.05) is 34.0 Å². The van der Waals surface area contributed by atoms with Crippen LogP contribution in [-0.2, 0) is 0 Å². The Morgan fingerprint density at radius 1 is 0.182 bits per heavy atom. The molecule has 6 heterocycles. The van der Waals surface area contributed by atoms with Crippen molar-refractivity contribution in [3.63, 3.8) is 0 Å². The molecule has 0 N–H and O–H groups in total. The molecule has 646 valence electrons. The number of nitrogens with zero attached hydrogens (tertiary/aromatic N) is 6. The van der Waals surface area contributed by atoms with Gasteiger partial charge < -0.3 is 33.2 Å². The van der Waals surface area contributed by atoms with Crippen molar-refractivity contribution < 1.29 is 4.42 Å². The summed E-state index contributed by atoms with van der Waals surface area (Å²) in [4.78, 5) is 9.54. The summed E-state index contributed by atoms with van der Waals surface area (Å²) in [6, 6.07) is 179. The number of furan rings is 1. The Morgan fingerprint density at radius 2 is 0.518 bits per heavy atom. The van der Waals surface area contributed by atoms with Gasteiger partial charge in [0.1, 0.15) is 5.58 Å². The fraction of sp³-hybridized carbons (Fsp3) is 0.00787. The van der Waals surface area contributed by atoms with Crippen molar-refractivity contribution >= 4 is 228 Å². The monoisotopic (exact) mass is 1800 g/mol. The Labute approximate surface area is 803 Å². The molecule has 7 nitrogen and oxygen atoms in total. The average molecular weight is 1810 g/mol. The zero-order valence-electron chi connectivity index (χ0n) is 74.6. The fourth-order valence-corrected chi connectivity index (χ4v) is 24.0. The molecule has 27 aromatic rings. The number of aryl methyl sites for hydroxylation is 1. The van der Waals surface area contributed by atoms with Crippen molar-refractivity contribution in [3.05, 3.63) is 497 Å². The van der Waals surface area contributed by atoms with Gasteiger partial charge in [-0.2, -0.15) is 0 Å². The van der Waals surface area contributed by atoms with Gasteiger partial charge in [0.15, 0.2) is 5.58 Å². The number of thiophene rings is 3. The van der Waals surface area contributed by atoms with E-state index >= 15 is 0 Å². The summed E-state index contributed by atoms with van der Waals surface area (Å²) < 4.78 is 19.7. The van der Waals surface area contributed by atoms with Crippen LogP contribution in [-0.4, -0.2) is 9.13 Å². The largest absolute Gasteiger partial charge is 0.453 e. The lowest BCUT2D eigenvalue weighted by molar-refractivity contribution is 0.670. The van der Waals surface area contributed by atoms with Crippen LogP contribution in [0, 0.1) is 6.92 Å². The molecule has 0 amide bonds. The molecule has 0 aliphatic carbocycles. The molecule has 21 aromatic carbocycles. The molecule has 0 aliphatic rings. The van der Waals surface area contributed by atoms with E-state index in [1.165, 1.54) is 121 Å². The quantitative estimate of drug-likeness (QED) is 0.0908. The highest BCUT2D eigenvalue weighted by atomic mass is 32.1. The Morgan fingerprint density at radius 3 is 1.04 bits per heavy atom. The minimum atomic E-state index is 0.836. The van der Waals surface area contributed by atoms with Gasteiger partial charge in [0, 0.05) is 172 Å². The normalized spacial score (nSPS) is 11.7. The topological polar surface area (TPSA) is 36.0 Å². The highest BCUT2D eigenvalue weighted by Gasteiger charge is 2.27. The third kappa shape index (κ3) is 14.3. The van der Waals surface area contributed by atoms with Gasteiger partial charge >= 0.3 is 0 Å². The molecule has 0 saturated carbocycles. The van der Waals surface area contributed by atoms with Crippen LogP contribution in [0.1, 0.15) is 5.56 Å². The first-order valence-corrected chi connectivity index (χ1v) is 48.9. The Hall–Kier alpha value is -17.1. The molecular formula is C127H84N6OS3. The molecule has 0 spiro atoms. The van der Waals surface area contributed by atoms with Crippen molar-refractivity contribution in [1.29, 1.82) is 0 Å². The van der Waals surface area contributed by atoms with Gasteiger partial charge in [-0.25, -0.2) is 0 Å². The van der Waals surface area contributed by atoms with Gasteiger partial charge in [0.25, 0.3) is 0 Å². The second kappa shape index (κ2) is 33.9. The number of hydrogen-bond acceptors (Lipinski definition) is 8. The summed E-state index contributed by atoms with van der Waals surface area (Å²) in [5.74, 6) is 0. The highest BCUT2D eigenvalue weighted by Crippen LogP contribution is 2.51. The van der Waals surface area contributed by atoms with E-state index in [0.29, 0.717) is 0 Å². The predicted octanol–water partition coefficient (Wildman–Crippen LogP) is 37.8. The number of anilines is 12. The molecule has 0 bridgehead atoms. The number of benzene rings is 21. The van der Waals surface area contributed by atoms with Crippen LogP contribution in [0.4, 0.5) is 68.2 Å². The average Bonchev–Trinajstić information content (AvgIpc) is 1.58. The third-order valence-corrected chi connectivity index (χ3v) is 30.3. The van der Waals surface area contributed by atoms with Crippen molar-refractivity contribution in [1.82, 2.24) is 9.13 Å². The van der Waals surface area contributed by atoms with Gasteiger partial charge in [-0.15, -0.1) is 34.0 Å². The van der Waals surface area contributed by atoms with E-state index in [2.05, 4.69) is 527 Å². The van der Waals surface area contributed by atoms with E-state index in [1.54, 1.807) is 0 Å². The van der Waals surface area contributed by atoms with Crippen LogP contribution >= 0.6 is 34.0 Å². The van der Waals surface area contributed by atoms with Crippen molar-refractivity contribution in [2.24, 2.45) is 0 Å². The number of rotatable bonds is 17. The third-order valence-electron chi connectivity index (χ3n) is 26.9. The minimum absolute atomic E-state index is 0.836. The molecule has 27 rings (SSSR count). The maximum absolute atomic E-state index is 7.06. The first-order valence-electron chi connectivity index (χ1n) is 46.5. The predicted molar refractivity (Wildman–Crippen MR) is 587 cm³/mol. The number of para-hydroxylation sites is 8. The molecule has 0 aliphatic heterocycles. The first kappa shape index (κ1) is 80.7. The Bertz CT molecular complexity index is 9320. The summed E-state index contributed by atoms with van der Waals surface area (Å²) in [7, 11) is 0. The molecule has 137 heavy (non-hydrogen) atoms. The molecule has 6 aromatic heterocycles. The molecule has 0 unspecified atom stereocenters. The lowest BCUT2D eigenvalue weighted by atomic mass is 10.0. The van der Waals surface area contributed by atoms with Gasteiger partial charge in [-0.05, 0) is 253 Å². The summed E-state index contributed by atoms with van der Waals surface area (Å²) in [5.41, 5.74) is 29.5. The summed E-state index contributed by atoms with van der Waals surface area (Å²) >= 11 is 5.56. The van der Waals surface area contributed by atoms with E-state index in [4.69, 9.17) is 4.42 Å². The maximum Gasteiger partial charge on any atom is 0.159 e. The standard InChI is InChI=1S/C66H43N3OS.C61H41N3S2/c1-4-18-44(19-5-1)53-30-16-31-57-58-32-17-34-61(66(58)70-65(53)57)68(47-21-6-2-7-22-47)51-27-15-26-50(42-51)67(52-37-39-64-59(43-52)56-29-11-13-35-63(56)71-64)49-25-14-20-45(40-49)46-36-38-55-54-28-10-12-33-60(54)69(62(55)41-46)48-23-8-3-9-24-48;1-40-33-48(62(43-16-4-2-5-17-43)44-18-6-3-7-19-44)37-49(34-40)63(46-28-31-60-54(38-46)52-22-9-12-25-58(52)65-60)45-20-14-15-41(35-45)42-27-30-51-50-21-8-11-24-56(50)64(57(51)36-42)47-29-32-61-55(39-47)53-23-10-13-26-59(53)66-61/h1-43H;2-39H,1H3. The van der Waals surface area contributed by atoms with Crippen LogP contribution in [0.15, 0.2) is 496 Å². The van der Waals surface area contributed by atoms with Crippen molar-refractivity contribution in [2.45, 2.75) is 6.92 Å². The van der Waals surface area contributed by atoms with Crippen molar-refractivity contribution in [2.75, 3.05) is 19.6 Å². The number of hydrogen-bond donors (Lipinski definition) is 0. The number of aromatic nitrogens is 2. The van der Waals surface area contributed by atoms with Crippen LogP contribution in [0.5, 0.6) is 0 Å². The second-order valence-electron chi connectivity index (χ2n) is 35.1. The second-order valence-corrected chi connectivity index (χ2v) is 38.4. The lowest BCUT2D eigenvalue weighted by Crippen LogP contribution is -2.13. The lowest BCUT2D eigenvalue weighted by Gasteiger charge is -2.30. The van der Waals surface area contributed by atoms with Crippen LogP contribution in [0.2, 0.25) is 0 Å². The minimum Gasteiger partial charge on any atom is -0.453 e. The van der Waals surface area contributed by atoms with Crippen LogP contribution in [0.3, 0.4) is 0 Å². The van der Waals surface area contributed by atoms with E-state index < -0.39 is 0 Å². The summed E-state index contributed by atoms with van der Waals surface area (Å²) in [6.07, 6.45) is 0. The van der Waals surface area contributed by atoms with Gasteiger partial charge in [-0.1, -0.05) is 279 Å². The zero-order valence-corrected chi connectivity index (χ0v) is 77.0. The summed E-state index contributed by atoms with van der Waals surface area (Å²) in [6.45, 7) is 2.21. The maximum atomic E-state index is 7.06. The summed E-state index contributed by atoms with van der Waals surface area (Å²) in [5, 5.41) is 14.8. The van der Waals surface area contributed by atoms with Crippen molar-refractivity contribution in [3.8, 4) is 44.8 Å². The molecule has 0 radical (unpaired) electrons. The molecule has 0 fully saturated rings. The van der Waals surface area contributed by atoms with Gasteiger partial charge in [0.05, 0.1) is 27.8 Å². The van der Waals surface area contributed by atoms with E-state index in [-0.39, 0.29) is 0 Å². The highest BCUT2D eigenvalue weighted by molar-refractivity contribution is 7.26. The molecule has 10 heteroatoms. The zero-order chi connectivity index (χ0) is 90.5. The first-order chi connectivity index (χ1) is 67.8. The SMILES string of the molecule is Cc1cc(N(c2ccccc2)c2ccccc2)cc(N(c2cccc(-c3ccc4c5ccccc5n(-c5ccc6sc7ccccc7c6c5)c4c3)c2)c2ccc3sc4ccccc4c3c2)c1.c1ccc(-c2cccc3c2oc2c(N(c4ccccc4)c4cccc(N(c5cccc(-c6ccc7c8ccccc8n(-c8ccccc8)c7c6)c5)c5ccc6sc7ccccc7c6c5)c4)cccc23)cc1. The van der Waals surface area contributed by atoms with E-state index in [0.717, 1.165) is 124 Å². The van der Waals surface area contributed by atoms with Gasteiger partial charge in [-0.3, -0.25) is 0 Å². The molecule has 0 atom stereocenters. The molecular weight excluding hydrogens is 1720 g/mol. The van der Waals surface area contributed by atoms with Gasteiger partial charge in [0.2, 0.25) is 0 Å². The number of fused-ring (bicyclic) bond motifs is 18. The van der Waals surface area contributed by atoms with E-state index in [9.17, 15) is 0 Å². The Balaban J connectivity index is 0.000000142. The smallest absolute Gasteiger partial charge is 0.159 e.